The van der Waals surface area contributed by atoms with Gasteiger partial charge in [0.15, 0.2) is 0 Å². The Morgan fingerprint density at radius 2 is 1.62 bits per heavy atom. The lowest BCUT2D eigenvalue weighted by molar-refractivity contribution is 0.0842. The molecule has 0 amide bonds. The number of nitriles is 1. The molecular weight excluding hydrogens is 357 g/mol. The lowest BCUT2D eigenvalue weighted by atomic mass is 9.69. The molecule has 2 aromatic rings. The van der Waals surface area contributed by atoms with E-state index in [1.54, 1.807) is 0 Å². The molecule has 0 N–H and O–H groups in total. The minimum atomic E-state index is -0.329. The maximum Gasteiger partial charge on any atom is 0.494 e. The first-order chi connectivity index (χ1) is 13.9. The van der Waals surface area contributed by atoms with Crippen molar-refractivity contribution in [2.75, 3.05) is 0 Å². The van der Waals surface area contributed by atoms with Gasteiger partial charge >= 0.3 is 7.12 Å². The second kappa shape index (κ2) is 7.31. The maximum absolute atomic E-state index is 9.49. The number of nitrogens with zero attached hydrogens (tertiary/aromatic N) is 1. The van der Waals surface area contributed by atoms with Gasteiger partial charge in [-0.05, 0) is 73.5 Å². The van der Waals surface area contributed by atoms with E-state index in [1.807, 2.05) is 6.07 Å². The summed E-state index contributed by atoms with van der Waals surface area (Å²) in [6, 6.07) is 15.2. The summed E-state index contributed by atoms with van der Waals surface area (Å²) in [5, 5.41) is 9.49. The van der Waals surface area contributed by atoms with Crippen LogP contribution in [-0.2, 0) is 14.7 Å². The van der Waals surface area contributed by atoms with Gasteiger partial charge in [-0.15, -0.1) is 0 Å². The van der Waals surface area contributed by atoms with Crippen molar-refractivity contribution in [3.8, 4) is 17.2 Å². The minimum Gasteiger partial charge on any atom is -0.402 e. The number of hydrogen-bond acceptors (Lipinski definition) is 3. The van der Waals surface area contributed by atoms with Crippen LogP contribution in [0.25, 0.3) is 11.1 Å². The zero-order chi connectivity index (χ0) is 20.8. The average molecular weight is 387 g/mol. The minimum absolute atomic E-state index is 0.0449. The summed E-state index contributed by atoms with van der Waals surface area (Å²) in [6.07, 6.45) is 4.40. The van der Waals surface area contributed by atoms with Crippen LogP contribution in [-0.4, -0.2) is 18.8 Å². The second-order valence-corrected chi connectivity index (χ2v) is 9.09. The van der Waals surface area contributed by atoms with E-state index in [4.69, 9.17) is 9.31 Å². The molecule has 150 valence electrons. The Morgan fingerprint density at radius 3 is 2.17 bits per heavy atom. The molecule has 1 fully saturated rings. The molecule has 0 aromatic heterocycles. The SMILES string of the molecule is CCCC1(CCC)c2cc(C#N)ccc2-c2ccc(B3OC(C)C(C)(C)O3)cc21. The van der Waals surface area contributed by atoms with E-state index in [9.17, 15) is 5.26 Å². The molecule has 1 aliphatic carbocycles. The summed E-state index contributed by atoms with van der Waals surface area (Å²) in [4.78, 5) is 0. The predicted molar refractivity (Wildman–Crippen MR) is 118 cm³/mol. The molecule has 2 aliphatic rings. The van der Waals surface area contributed by atoms with Crippen LogP contribution in [0, 0.1) is 11.3 Å². The van der Waals surface area contributed by atoms with Gasteiger partial charge < -0.3 is 9.31 Å². The monoisotopic (exact) mass is 387 g/mol. The molecule has 0 bridgehead atoms. The number of hydrogen-bond donors (Lipinski definition) is 0. The van der Waals surface area contributed by atoms with Crippen LogP contribution >= 0.6 is 0 Å². The van der Waals surface area contributed by atoms with Gasteiger partial charge in [0, 0.05) is 5.41 Å². The number of rotatable bonds is 5. The molecule has 1 unspecified atom stereocenters. The van der Waals surface area contributed by atoms with Crippen LogP contribution in [0.1, 0.15) is 77.0 Å². The van der Waals surface area contributed by atoms with Crippen LogP contribution in [0.2, 0.25) is 0 Å². The van der Waals surface area contributed by atoms with Crippen molar-refractivity contribution in [1.82, 2.24) is 0 Å². The summed E-state index contributed by atoms with van der Waals surface area (Å²) >= 11 is 0. The number of benzene rings is 2. The summed E-state index contributed by atoms with van der Waals surface area (Å²) in [6.45, 7) is 10.7. The van der Waals surface area contributed by atoms with Crippen molar-refractivity contribution >= 4 is 12.6 Å². The highest BCUT2D eigenvalue weighted by Gasteiger charge is 2.46. The van der Waals surface area contributed by atoms with Gasteiger partial charge in [-0.1, -0.05) is 51.0 Å². The third kappa shape index (κ3) is 3.12. The van der Waals surface area contributed by atoms with Crippen molar-refractivity contribution in [3.05, 3.63) is 53.1 Å². The van der Waals surface area contributed by atoms with E-state index < -0.39 is 0 Å². The topological polar surface area (TPSA) is 42.2 Å². The molecule has 0 spiro atoms. The molecule has 1 aliphatic heterocycles. The molecule has 1 atom stereocenters. The third-order valence-corrected chi connectivity index (χ3v) is 6.86. The molecule has 0 saturated carbocycles. The summed E-state index contributed by atoms with van der Waals surface area (Å²) in [7, 11) is -0.329. The maximum atomic E-state index is 9.49. The molecule has 1 heterocycles. The fourth-order valence-electron chi connectivity index (χ4n) is 5.14. The zero-order valence-electron chi connectivity index (χ0n) is 18.2. The molecule has 0 radical (unpaired) electrons. The molecule has 2 aromatic carbocycles. The molecule has 4 rings (SSSR count). The normalized spacial score (nSPS) is 21.0. The van der Waals surface area contributed by atoms with Crippen LogP contribution in [0.3, 0.4) is 0 Å². The summed E-state index contributed by atoms with van der Waals surface area (Å²) < 4.78 is 12.4. The standard InChI is InChI=1S/C25H30BNO2/c1-6-12-25(13-7-2)22-14-18(16-27)8-10-20(22)21-11-9-19(15-23(21)25)26-28-17(3)24(4,5)29-26/h8-11,14-15,17H,6-7,12-13H2,1-5H3. The smallest absolute Gasteiger partial charge is 0.402 e. The summed E-state index contributed by atoms with van der Waals surface area (Å²) in [5.41, 5.74) is 6.74. The van der Waals surface area contributed by atoms with Gasteiger partial charge in [0.05, 0.1) is 23.3 Å². The highest BCUT2D eigenvalue weighted by Crippen LogP contribution is 2.53. The first kappa shape index (κ1) is 20.2. The van der Waals surface area contributed by atoms with E-state index in [0.29, 0.717) is 0 Å². The quantitative estimate of drug-likeness (QED) is 0.651. The van der Waals surface area contributed by atoms with Crippen molar-refractivity contribution in [2.24, 2.45) is 0 Å². The van der Waals surface area contributed by atoms with E-state index in [-0.39, 0.29) is 24.2 Å². The van der Waals surface area contributed by atoms with Crippen molar-refractivity contribution in [2.45, 2.75) is 77.4 Å². The Balaban J connectivity index is 1.87. The van der Waals surface area contributed by atoms with E-state index in [2.05, 4.69) is 71.0 Å². The molecule has 1 saturated heterocycles. The number of fused-ring (bicyclic) bond motifs is 3. The predicted octanol–water partition coefficient (Wildman–Crippen LogP) is 5.33. The zero-order valence-corrected chi connectivity index (χ0v) is 18.2. The molecule has 3 nitrogen and oxygen atoms in total. The van der Waals surface area contributed by atoms with E-state index in [1.165, 1.54) is 22.3 Å². The molecular formula is C25H30BNO2. The fraction of sp³-hybridized carbons (Fsp3) is 0.480. The molecule has 4 heteroatoms. The second-order valence-electron chi connectivity index (χ2n) is 9.09. The van der Waals surface area contributed by atoms with Crippen molar-refractivity contribution in [1.29, 1.82) is 5.26 Å². The Hall–Kier alpha value is -2.09. The highest BCUT2D eigenvalue weighted by molar-refractivity contribution is 6.62. The lowest BCUT2D eigenvalue weighted by Crippen LogP contribution is -2.36. The van der Waals surface area contributed by atoms with Crippen molar-refractivity contribution in [3.63, 3.8) is 0 Å². The Kier molecular flexibility index (Phi) is 5.09. The van der Waals surface area contributed by atoms with Crippen LogP contribution in [0.4, 0.5) is 0 Å². The Labute approximate surface area is 175 Å². The van der Waals surface area contributed by atoms with E-state index in [0.717, 1.165) is 36.7 Å². The van der Waals surface area contributed by atoms with Crippen LogP contribution in [0.5, 0.6) is 0 Å². The van der Waals surface area contributed by atoms with Gasteiger partial charge in [-0.3, -0.25) is 0 Å². The highest BCUT2D eigenvalue weighted by atomic mass is 16.7. The van der Waals surface area contributed by atoms with E-state index >= 15 is 0 Å². The average Bonchev–Trinajstić information content (AvgIpc) is 3.13. The third-order valence-electron chi connectivity index (χ3n) is 6.86. The summed E-state index contributed by atoms with van der Waals surface area (Å²) in [5.74, 6) is 0. The van der Waals surface area contributed by atoms with Gasteiger partial charge in [-0.2, -0.15) is 5.26 Å². The lowest BCUT2D eigenvalue weighted by Gasteiger charge is -2.32. The van der Waals surface area contributed by atoms with Gasteiger partial charge in [0.2, 0.25) is 0 Å². The van der Waals surface area contributed by atoms with Gasteiger partial charge in [-0.25, -0.2) is 0 Å². The largest absolute Gasteiger partial charge is 0.494 e. The fourth-order valence-corrected chi connectivity index (χ4v) is 5.14. The molecule has 29 heavy (non-hydrogen) atoms. The van der Waals surface area contributed by atoms with Crippen LogP contribution in [0.15, 0.2) is 36.4 Å². The Bertz CT molecular complexity index is 969. The first-order valence-electron chi connectivity index (χ1n) is 10.9. The first-order valence-corrected chi connectivity index (χ1v) is 10.9. The van der Waals surface area contributed by atoms with Crippen molar-refractivity contribution < 1.29 is 9.31 Å². The van der Waals surface area contributed by atoms with Gasteiger partial charge in [0.1, 0.15) is 0 Å². The van der Waals surface area contributed by atoms with Gasteiger partial charge in [0.25, 0.3) is 0 Å². The van der Waals surface area contributed by atoms with Crippen LogP contribution < -0.4 is 5.46 Å². The Morgan fingerprint density at radius 1 is 1.00 bits per heavy atom.